The molecule has 1 aliphatic rings. The number of anilines is 1. The molecule has 18 heavy (non-hydrogen) atoms. The molecule has 0 radical (unpaired) electrons. The second kappa shape index (κ2) is 5.91. The summed E-state index contributed by atoms with van der Waals surface area (Å²) in [6, 6.07) is 6.42. The Balaban J connectivity index is 2.30. The van der Waals surface area contributed by atoms with E-state index in [9.17, 15) is 0 Å². The number of likely N-dealkylation sites (N-methyl/N-ethyl adjacent to an activating group) is 1. The minimum atomic E-state index is 0.247. The normalized spacial score (nSPS) is 23.3. The maximum Gasteiger partial charge on any atom is 0.0750 e. The van der Waals surface area contributed by atoms with Crippen molar-refractivity contribution in [3.8, 4) is 0 Å². The van der Waals surface area contributed by atoms with Crippen LogP contribution in [0.3, 0.4) is 0 Å². The van der Waals surface area contributed by atoms with E-state index in [0.717, 1.165) is 30.2 Å². The Morgan fingerprint density at radius 1 is 1.50 bits per heavy atom. The first-order valence-electron chi connectivity index (χ1n) is 6.47. The monoisotopic (exact) mass is 268 g/mol. The lowest BCUT2D eigenvalue weighted by Crippen LogP contribution is -2.37. The molecule has 0 amide bonds. The summed E-state index contributed by atoms with van der Waals surface area (Å²) in [5, 5.41) is 0.794. The molecule has 1 aromatic rings. The van der Waals surface area contributed by atoms with Crippen LogP contribution in [0, 0.1) is 0 Å². The third-order valence-electron chi connectivity index (χ3n) is 3.67. The Hall–Kier alpha value is -0.770. The predicted octanol–water partition coefficient (Wildman–Crippen LogP) is 2.45. The summed E-state index contributed by atoms with van der Waals surface area (Å²) in [7, 11) is 2.09. The molecule has 1 fully saturated rings. The minimum absolute atomic E-state index is 0.247. The average molecular weight is 269 g/mol. The first kappa shape index (κ1) is 13.7. The van der Waals surface area contributed by atoms with E-state index in [1.54, 1.807) is 0 Å². The zero-order chi connectivity index (χ0) is 13.1. The fourth-order valence-electron chi connectivity index (χ4n) is 2.71. The molecular formula is C14H21ClN2O. The van der Waals surface area contributed by atoms with Gasteiger partial charge in [-0.3, -0.25) is 0 Å². The van der Waals surface area contributed by atoms with Gasteiger partial charge in [0.2, 0.25) is 0 Å². The molecule has 2 atom stereocenters. The van der Waals surface area contributed by atoms with Gasteiger partial charge in [0.25, 0.3) is 0 Å². The smallest absolute Gasteiger partial charge is 0.0750 e. The van der Waals surface area contributed by atoms with Crippen LogP contribution < -0.4 is 10.6 Å². The molecule has 3 nitrogen and oxygen atoms in total. The lowest BCUT2D eigenvalue weighted by Gasteiger charge is -2.31. The van der Waals surface area contributed by atoms with E-state index in [-0.39, 0.29) is 6.10 Å². The van der Waals surface area contributed by atoms with Crippen LogP contribution in [0.25, 0.3) is 0 Å². The maximum absolute atomic E-state index is 6.36. The Morgan fingerprint density at radius 3 is 2.89 bits per heavy atom. The molecule has 1 aliphatic heterocycles. The highest BCUT2D eigenvalue weighted by Crippen LogP contribution is 2.33. The van der Waals surface area contributed by atoms with Crippen LogP contribution in [0.4, 0.5) is 5.69 Å². The molecule has 1 saturated heterocycles. The maximum atomic E-state index is 6.36. The van der Waals surface area contributed by atoms with Gasteiger partial charge in [-0.1, -0.05) is 23.7 Å². The lowest BCUT2D eigenvalue weighted by molar-refractivity contribution is 0.118. The summed E-state index contributed by atoms with van der Waals surface area (Å²) in [5.74, 6) is 0. The number of para-hydroxylation sites is 1. The van der Waals surface area contributed by atoms with E-state index < -0.39 is 0 Å². The van der Waals surface area contributed by atoms with Gasteiger partial charge >= 0.3 is 0 Å². The molecular weight excluding hydrogens is 248 g/mol. The SMILES string of the molecule is CC1OCCC1N(C)c1c(Cl)cccc1CCN. The average Bonchev–Trinajstić information content (AvgIpc) is 2.75. The lowest BCUT2D eigenvalue weighted by atomic mass is 10.0. The Morgan fingerprint density at radius 2 is 2.28 bits per heavy atom. The first-order chi connectivity index (χ1) is 8.65. The number of nitrogens with zero attached hydrogens (tertiary/aromatic N) is 1. The number of halogens is 1. The zero-order valence-corrected chi connectivity index (χ0v) is 11.8. The number of ether oxygens (including phenoxy) is 1. The van der Waals surface area contributed by atoms with E-state index in [2.05, 4.69) is 24.9 Å². The van der Waals surface area contributed by atoms with Crippen LogP contribution >= 0.6 is 11.6 Å². The highest BCUT2D eigenvalue weighted by molar-refractivity contribution is 6.33. The van der Waals surface area contributed by atoms with Gasteiger partial charge < -0.3 is 15.4 Å². The highest BCUT2D eigenvalue weighted by atomic mass is 35.5. The Bertz CT molecular complexity index is 411. The zero-order valence-electron chi connectivity index (χ0n) is 11.0. The second-order valence-electron chi connectivity index (χ2n) is 4.83. The molecule has 100 valence electrons. The fourth-order valence-corrected chi connectivity index (χ4v) is 3.03. The van der Waals surface area contributed by atoms with Gasteiger partial charge in [0.1, 0.15) is 0 Å². The third kappa shape index (κ3) is 2.63. The van der Waals surface area contributed by atoms with Gasteiger partial charge in [-0.15, -0.1) is 0 Å². The van der Waals surface area contributed by atoms with Crippen molar-refractivity contribution in [2.24, 2.45) is 5.73 Å². The van der Waals surface area contributed by atoms with Crippen molar-refractivity contribution in [1.82, 2.24) is 0 Å². The molecule has 1 aromatic carbocycles. The van der Waals surface area contributed by atoms with Gasteiger partial charge in [-0.2, -0.15) is 0 Å². The largest absolute Gasteiger partial charge is 0.376 e. The standard InChI is InChI=1S/C14H21ClN2O/c1-10-13(7-9-18-10)17(2)14-11(6-8-16)4-3-5-12(14)15/h3-5,10,13H,6-9,16H2,1-2H3. The molecule has 0 saturated carbocycles. The molecule has 0 aromatic heterocycles. The molecule has 4 heteroatoms. The highest BCUT2D eigenvalue weighted by Gasteiger charge is 2.29. The van der Waals surface area contributed by atoms with E-state index in [0.29, 0.717) is 12.6 Å². The molecule has 1 heterocycles. The Kier molecular flexibility index (Phi) is 4.49. The number of rotatable bonds is 4. The summed E-state index contributed by atoms with van der Waals surface area (Å²) in [5.41, 5.74) is 7.99. The van der Waals surface area contributed by atoms with Gasteiger partial charge in [0, 0.05) is 13.7 Å². The van der Waals surface area contributed by atoms with E-state index in [4.69, 9.17) is 22.1 Å². The van der Waals surface area contributed by atoms with Crippen LogP contribution in [0.5, 0.6) is 0 Å². The van der Waals surface area contributed by atoms with Gasteiger partial charge in [-0.25, -0.2) is 0 Å². The summed E-state index contributed by atoms with van der Waals surface area (Å²) >= 11 is 6.36. The number of hydrogen-bond acceptors (Lipinski definition) is 3. The second-order valence-corrected chi connectivity index (χ2v) is 5.24. The van der Waals surface area contributed by atoms with Crippen LogP contribution in [0.1, 0.15) is 18.9 Å². The third-order valence-corrected chi connectivity index (χ3v) is 3.98. The van der Waals surface area contributed by atoms with Crippen LogP contribution in [0.2, 0.25) is 5.02 Å². The predicted molar refractivity (Wildman–Crippen MR) is 76.4 cm³/mol. The molecule has 2 N–H and O–H groups in total. The number of hydrogen-bond donors (Lipinski definition) is 1. The van der Waals surface area contributed by atoms with Crippen molar-refractivity contribution in [3.05, 3.63) is 28.8 Å². The first-order valence-corrected chi connectivity index (χ1v) is 6.85. The molecule has 0 bridgehead atoms. The van der Waals surface area contributed by atoms with Crippen molar-refractivity contribution < 1.29 is 4.74 Å². The fraction of sp³-hybridized carbons (Fsp3) is 0.571. The molecule has 2 rings (SSSR count). The van der Waals surface area contributed by atoms with Crippen LogP contribution in [-0.2, 0) is 11.2 Å². The van der Waals surface area contributed by atoms with E-state index >= 15 is 0 Å². The molecule has 0 spiro atoms. The van der Waals surface area contributed by atoms with Crippen molar-refractivity contribution in [1.29, 1.82) is 0 Å². The summed E-state index contributed by atoms with van der Waals surface area (Å²) in [6.07, 6.45) is 2.14. The molecule has 2 unspecified atom stereocenters. The van der Waals surface area contributed by atoms with Gasteiger partial charge in [-0.05, 0) is 37.9 Å². The van der Waals surface area contributed by atoms with E-state index in [1.165, 1.54) is 5.56 Å². The van der Waals surface area contributed by atoms with Crippen molar-refractivity contribution >= 4 is 17.3 Å². The number of nitrogens with two attached hydrogens (primary N) is 1. The van der Waals surface area contributed by atoms with Crippen LogP contribution in [0.15, 0.2) is 18.2 Å². The van der Waals surface area contributed by atoms with Crippen molar-refractivity contribution in [2.75, 3.05) is 25.1 Å². The van der Waals surface area contributed by atoms with Crippen molar-refractivity contribution in [3.63, 3.8) is 0 Å². The Labute approximate surface area is 114 Å². The van der Waals surface area contributed by atoms with E-state index in [1.807, 2.05) is 12.1 Å². The summed E-state index contributed by atoms with van der Waals surface area (Å²) < 4.78 is 5.64. The van der Waals surface area contributed by atoms with Gasteiger partial charge in [0.15, 0.2) is 0 Å². The topological polar surface area (TPSA) is 38.5 Å². The van der Waals surface area contributed by atoms with Crippen molar-refractivity contribution in [2.45, 2.75) is 31.9 Å². The minimum Gasteiger partial charge on any atom is -0.376 e. The van der Waals surface area contributed by atoms with Crippen LogP contribution in [-0.4, -0.2) is 32.3 Å². The summed E-state index contributed by atoms with van der Waals surface area (Å²) in [6.45, 7) is 3.58. The molecule has 0 aliphatic carbocycles. The quantitative estimate of drug-likeness (QED) is 0.912. The summed E-state index contributed by atoms with van der Waals surface area (Å²) in [4.78, 5) is 2.25. The number of benzene rings is 1. The van der Waals surface area contributed by atoms with Gasteiger partial charge in [0.05, 0.1) is 22.9 Å².